The molecule has 0 aliphatic carbocycles. The zero-order chi connectivity index (χ0) is 10.7. The zero-order valence-corrected chi connectivity index (χ0v) is 8.68. The van der Waals surface area contributed by atoms with Gasteiger partial charge in [0, 0.05) is 6.42 Å². The van der Waals surface area contributed by atoms with Crippen molar-refractivity contribution in [1.29, 1.82) is 0 Å². The molecule has 2 rings (SSSR count). The molecule has 15 heavy (non-hydrogen) atoms. The van der Waals surface area contributed by atoms with E-state index in [4.69, 9.17) is 4.42 Å². The van der Waals surface area contributed by atoms with E-state index in [2.05, 4.69) is 0 Å². The van der Waals surface area contributed by atoms with Crippen LogP contribution in [0.3, 0.4) is 0 Å². The van der Waals surface area contributed by atoms with Crippen LogP contribution in [0.15, 0.2) is 47.1 Å². The molecule has 1 aromatic carbocycles. The summed E-state index contributed by atoms with van der Waals surface area (Å²) in [6.45, 7) is 2.02. The minimum Gasteiger partial charge on any atom is -0.469 e. The molecule has 0 radical (unpaired) electrons. The molecule has 1 unspecified atom stereocenters. The van der Waals surface area contributed by atoms with Gasteiger partial charge in [0.05, 0.1) is 12.4 Å². The third-order valence-electron chi connectivity index (χ3n) is 2.40. The van der Waals surface area contributed by atoms with E-state index in [1.165, 1.54) is 0 Å². The van der Waals surface area contributed by atoms with Crippen molar-refractivity contribution in [3.8, 4) is 0 Å². The molecule has 2 heteroatoms. The summed E-state index contributed by atoms with van der Waals surface area (Å²) in [5.41, 5.74) is 2.09. The van der Waals surface area contributed by atoms with Crippen molar-refractivity contribution in [2.75, 3.05) is 0 Å². The van der Waals surface area contributed by atoms with Gasteiger partial charge in [-0.15, -0.1) is 0 Å². The number of hydrogen-bond donors (Lipinski definition) is 1. The van der Waals surface area contributed by atoms with Crippen LogP contribution in [-0.4, -0.2) is 5.11 Å². The number of furan rings is 1. The Morgan fingerprint density at radius 1 is 1.27 bits per heavy atom. The normalized spacial score (nSPS) is 12.7. The zero-order valence-electron chi connectivity index (χ0n) is 8.68. The van der Waals surface area contributed by atoms with E-state index in [1.54, 1.807) is 6.26 Å². The van der Waals surface area contributed by atoms with E-state index >= 15 is 0 Å². The minimum absolute atomic E-state index is 0.490. The number of aryl methyl sites for hydroxylation is 1. The Kier molecular flexibility index (Phi) is 2.88. The molecule has 0 spiro atoms. The van der Waals surface area contributed by atoms with Gasteiger partial charge >= 0.3 is 0 Å². The lowest BCUT2D eigenvalue weighted by atomic mass is 10.0. The van der Waals surface area contributed by atoms with E-state index in [0.717, 1.165) is 16.9 Å². The first-order chi connectivity index (χ1) is 7.25. The highest BCUT2D eigenvalue weighted by molar-refractivity contribution is 5.24. The summed E-state index contributed by atoms with van der Waals surface area (Å²) in [6, 6.07) is 11.6. The van der Waals surface area contributed by atoms with Crippen LogP contribution in [0.5, 0.6) is 0 Å². The summed E-state index contributed by atoms with van der Waals surface area (Å²) in [7, 11) is 0. The van der Waals surface area contributed by atoms with E-state index in [-0.39, 0.29) is 0 Å². The predicted molar refractivity (Wildman–Crippen MR) is 58.6 cm³/mol. The van der Waals surface area contributed by atoms with Crippen molar-refractivity contribution < 1.29 is 9.52 Å². The number of benzene rings is 1. The summed E-state index contributed by atoms with van der Waals surface area (Å²) in [5.74, 6) is 0.809. The number of hydrogen-bond acceptors (Lipinski definition) is 2. The Bertz CT molecular complexity index is 418. The molecule has 0 fully saturated rings. The third kappa shape index (κ3) is 2.48. The molecule has 1 heterocycles. The second-order valence-corrected chi connectivity index (χ2v) is 3.71. The smallest absolute Gasteiger partial charge is 0.106 e. The van der Waals surface area contributed by atoms with Gasteiger partial charge in [0.25, 0.3) is 0 Å². The molecule has 0 amide bonds. The lowest BCUT2D eigenvalue weighted by Crippen LogP contribution is -2.00. The topological polar surface area (TPSA) is 33.4 Å². The second-order valence-electron chi connectivity index (χ2n) is 3.71. The second kappa shape index (κ2) is 4.32. The first kappa shape index (κ1) is 9.99. The van der Waals surface area contributed by atoms with Gasteiger partial charge in [0.1, 0.15) is 5.76 Å². The van der Waals surface area contributed by atoms with Crippen LogP contribution in [0.2, 0.25) is 0 Å². The highest BCUT2D eigenvalue weighted by Crippen LogP contribution is 2.19. The molecule has 0 bridgehead atoms. The molecule has 1 atom stereocenters. The first-order valence-corrected chi connectivity index (χ1v) is 5.03. The summed E-state index contributed by atoms with van der Waals surface area (Å²) in [6.07, 6.45) is 1.66. The van der Waals surface area contributed by atoms with Crippen molar-refractivity contribution in [3.63, 3.8) is 0 Å². The summed E-state index contributed by atoms with van der Waals surface area (Å²) < 4.78 is 5.20. The van der Waals surface area contributed by atoms with Gasteiger partial charge in [-0.05, 0) is 24.6 Å². The summed E-state index contributed by atoms with van der Waals surface area (Å²) in [5, 5.41) is 9.96. The highest BCUT2D eigenvalue weighted by Gasteiger charge is 2.09. The molecule has 1 aromatic heterocycles. The van der Waals surface area contributed by atoms with Crippen molar-refractivity contribution >= 4 is 0 Å². The number of rotatable bonds is 3. The Morgan fingerprint density at radius 2 is 2.13 bits per heavy atom. The largest absolute Gasteiger partial charge is 0.469 e. The fourth-order valence-electron chi connectivity index (χ4n) is 1.61. The van der Waals surface area contributed by atoms with Gasteiger partial charge in [0.2, 0.25) is 0 Å². The Hall–Kier alpha value is -1.54. The van der Waals surface area contributed by atoms with Gasteiger partial charge in [-0.1, -0.05) is 29.8 Å². The maximum atomic E-state index is 9.96. The average molecular weight is 202 g/mol. The van der Waals surface area contributed by atoms with Crippen LogP contribution >= 0.6 is 0 Å². The van der Waals surface area contributed by atoms with Crippen LogP contribution in [-0.2, 0) is 6.42 Å². The molecule has 78 valence electrons. The van der Waals surface area contributed by atoms with E-state index in [9.17, 15) is 5.11 Å². The number of aliphatic hydroxyl groups is 1. The number of aliphatic hydroxyl groups excluding tert-OH is 1. The monoisotopic (exact) mass is 202 g/mol. The van der Waals surface area contributed by atoms with Gasteiger partial charge in [0.15, 0.2) is 0 Å². The quantitative estimate of drug-likeness (QED) is 0.830. The lowest BCUT2D eigenvalue weighted by molar-refractivity contribution is 0.170. The molecule has 0 saturated heterocycles. The lowest BCUT2D eigenvalue weighted by Gasteiger charge is -2.09. The van der Waals surface area contributed by atoms with E-state index in [1.807, 2.05) is 43.3 Å². The van der Waals surface area contributed by atoms with Crippen molar-refractivity contribution in [2.24, 2.45) is 0 Å². The molecule has 0 aliphatic heterocycles. The molecular weight excluding hydrogens is 188 g/mol. The minimum atomic E-state index is -0.490. The summed E-state index contributed by atoms with van der Waals surface area (Å²) in [4.78, 5) is 0. The maximum Gasteiger partial charge on any atom is 0.106 e. The standard InChI is InChI=1S/C13H14O2/c1-10-4-2-5-11(8-10)13(14)9-12-6-3-7-15-12/h2-8,13-14H,9H2,1H3. The summed E-state index contributed by atoms with van der Waals surface area (Å²) >= 11 is 0. The molecule has 0 aliphatic rings. The highest BCUT2D eigenvalue weighted by atomic mass is 16.3. The third-order valence-corrected chi connectivity index (χ3v) is 2.40. The van der Waals surface area contributed by atoms with Crippen molar-refractivity contribution in [2.45, 2.75) is 19.4 Å². The average Bonchev–Trinajstić information content (AvgIpc) is 2.70. The first-order valence-electron chi connectivity index (χ1n) is 5.03. The molecule has 2 aromatic rings. The fraction of sp³-hybridized carbons (Fsp3) is 0.231. The Balaban J connectivity index is 2.11. The molecule has 0 saturated carbocycles. The molecular formula is C13H14O2. The van der Waals surface area contributed by atoms with Gasteiger partial charge in [-0.25, -0.2) is 0 Å². The van der Waals surface area contributed by atoms with Crippen LogP contribution in [0.1, 0.15) is 23.0 Å². The van der Waals surface area contributed by atoms with Crippen LogP contribution in [0, 0.1) is 6.92 Å². The van der Waals surface area contributed by atoms with E-state index < -0.39 is 6.10 Å². The van der Waals surface area contributed by atoms with Crippen LogP contribution in [0.25, 0.3) is 0 Å². The van der Waals surface area contributed by atoms with Gasteiger partial charge in [-0.2, -0.15) is 0 Å². The van der Waals surface area contributed by atoms with Gasteiger partial charge < -0.3 is 9.52 Å². The van der Waals surface area contributed by atoms with Crippen molar-refractivity contribution in [3.05, 3.63) is 59.5 Å². The fourth-order valence-corrected chi connectivity index (χ4v) is 1.61. The maximum absolute atomic E-state index is 9.96. The van der Waals surface area contributed by atoms with Crippen molar-refractivity contribution in [1.82, 2.24) is 0 Å². The predicted octanol–water partition coefficient (Wildman–Crippen LogP) is 2.86. The molecule has 1 N–H and O–H groups in total. The van der Waals surface area contributed by atoms with Crippen LogP contribution in [0.4, 0.5) is 0 Å². The Labute approximate surface area is 89.2 Å². The Morgan fingerprint density at radius 3 is 2.80 bits per heavy atom. The SMILES string of the molecule is Cc1cccc(C(O)Cc2ccco2)c1. The van der Waals surface area contributed by atoms with Gasteiger partial charge in [-0.3, -0.25) is 0 Å². The van der Waals surface area contributed by atoms with E-state index in [0.29, 0.717) is 6.42 Å². The van der Waals surface area contributed by atoms with Crippen LogP contribution < -0.4 is 0 Å². The molecule has 2 nitrogen and oxygen atoms in total.